The van der Waals surface area contributed by atoms with Crippen molar-refractivity contribution in [1.82, 2.24) is 10.2 Å². The molecule has 5 nitrogen and oxygen atoms in total. The number of anilines is 1. The fourth-order valence-corrected chi connectivity index (χ4v) is 1.38. The first kappa shape index (κ1) is 13.9. The van der Waals surface area contributed by atoms with Crippen molar-refractivity contribution in [3.05, 3.63) is 36.0 Å². The van der Waals surface area contributed by atoms with Crippen LogP contribution in [-0.2, 0) is 6.18 Å². The predicted molar refractivity (Wildman–Crippen MR) is 64.5 cm³/mol. The summed E-state index contributed by atoms with van der Waals surface area (Å²) in [7, 11) is 1.48. The molecule has 0 spiro atoms. The van der Waals surface area contributed by atoms with E-state index in [0.717, 1.165) is 12.1 Å². The quantitative estimate of drug-likeness (QED) is 0.878. The Morgan fingerprint density at radius 3 is 2.35 bits per heavy atom. The van der Waals surface area contributed by atoms with Crippen molar-refractivity contribution in [1.29, 1.82) is 0 Å². The fourth-order valence-electron chi connectivity index (χ4n) is 1.38. The summed E-state index contributed by atoms with van der Waals surface area (Å²) < 4.78 is 47.2. The van der Waals surface area contributed by atoms with Gasteiger partial charge in [-0.3, -0.25) is 0 Å². The standard InChI is InChI=1S/C12H10F3N3O2/c1-19-7-2-3-9(8(16)6-7)20-11-5-4-10(17-18-11)12(13,14)15/h2-6H,16H2,1H3. The van der Waals surface area contributed by atoms with Gasteiger partial charge in [0, 0.05) is 12.1 Å². The first-order chi connectivity index (χ1) is 9.40. The van der Waals surface area contributed by atoms with Gasteiger partial charge in [-0.1, -0.05) is 0 Å². The van der Waals surface area contributed by atoms with Crippen LogP contribution in [0.4, 0.5) is 18.9 Å². The third-order valence-electron chi connectivity index (χ3n) is 2.36. The minimum Gasteiger partial charge on any atom is -0.497 e. The minimum atomic E-state index is -4.54. The molecule has 0 aliphatic heterocycles. The maximum atomic E-state index is 12.3. The number of halogens is 3. The van der Waals surface area contributed by atoms with E-state index in [4.69, 9.17) is 15.2 Å². The number of nitrogens with two attached hydrogens (primary N) is 1. The molecule has 0 bridgehead atoms. The van der Waals surface area contributed by atoms with Crippen LogP contribution >= 0.6 is 0 Å². The van der Waals surface area contributed by atoms with E-state index >= 15 is 0 Å². The monoisotopic (exact) mass is 285 g/mol. The molecule has 0 aliphatic rings. The van der Waals surface area contributed by atoms with Gasteiger partial charge in [0.05, 0.1) is 12.8 Å². The Labute approximate surface area is 112 Å². The van der Waals surface area contributed by atoms with E-state index in [1.807, 2.05) is 0 Å². The Morgan fingerprint density at radius 2 is 1.85 bits per heavy atom. The Hall–Kier alpha value is -2.51. The smallest absolute Gasteiger partial charge is 0.435 e. The summed E-state index contributed by atoms with van der Waals surface area (Å²) in [5, 5.41) is 6.39. The molecule has 0 amide bonds. The number of hydrogen-bond acceptors (Lipinski definition) is 5. The summed E-state index contributed by atoms with van der Waals surface area (Å²) in [4.78, 5) is 0. The van der Waals surface area contributed by atoms with Crippen molar-refractivity contribution in [3.8, 4) is 17.4 Å². The molecule has 2 rings (SSSR count). The molecular weight excluding hydrogens is 275 g/mol. The van der Waals surface area contributed by atoms with Crippen LogP contribution in [0.5, 0.6) is 17.4 Å². The van der Waals surface area contributed by atoms with Crippen LogP contribution in [0.1, 0.15) is 5.69 Å². The third-order valence-corrected chi connectivity index (χ3v) is 2.36. The fraction of sp³-hybridized carbons (Fsp3) is 0.167. The molecule has 0 atom stereocenters. The van der Waals surface area contributed by atoms with Crippen LogP contribution in [0, 0.1) is 0 Å². The van der Waals surface area contributed by atoms with Crippen LogP contribution < -0.4 is 15.2 Å². The van der Waals surface area contributed by atoms with Gasteiger partial charge in [-0.25, -0.2) is 0 Å². The average Bonchev–Trinajstić information content (AvgIpc) is 2.40. The SMILES string of the molecule is COc1ccc(Oc2ccc(C(F)(F)F)nn2)c(N)c1. The first-order valence-electron chi connectivity index (χ1n) is 5.42. The Kier molecular flexibility index (Phi) is 3.64. The number of ether oxygens (including phenoxy) is 2. The highest BCUT2D eigenvalue weighted by atomic mass is 19.4. The lowest BCUT2D eigenvalue weighted by Crippen LogP contribution is -2.09. The van der Waals surface area contributed by atoms with Crippen molar-refractivity contribution in [2.75, 3.05) is 12.8 Å². The molecule has 20 heavy (non-hydrogen) atoms. The Morgan fingerprint density at radius 1 is 1.10 bits per heavy atom. The molecule has 106 valence electrons. The topological polar surface area (TPSA) is 70.3 Å². The number of nitrogens with zero attached hydrogens (tertiary/aromatic N) is 2. The second-order valence-corrected chi connectivity index (χ2v) is 3.76. The number of aromatic nitrogens is 2. The molecule has 0 aliphatic carbocycles. The third kappa shape index (κ3) is 3.08. The molecule has 1 heterocycles. The van der Waals surface area contributed by atoms with E-state index in [1.165, 1.54) is 19.2 Å². The van der Waals surface area contributed by atoms with Gasteiger partial charge in [-0.15, -0.1) is 10.2 Å². The van der Waals surface area contributed by atoms with E-state index in [0.29, 0.717) is 5.75 Å². The van der Waals surface area contributed by atoms with Gasteiger partial charge in [-0.2, -0.15) is 13.2 Å². The highest BCUT2D eigenvalue weighted by Gasteiger charge is 2.33. The van der Waals surface area contributed by atoms with E-state index in [-0.39, 0.29) is 17.3 Å². The van der Waals surface area contributed by atoms with Crippen LogP contribution in [0.3, 0.4) is 0 Å². The molecule has 0 saturated heterocycles. The molecule has 0 radical (unpaired) electrons. The van der Waals surface area contributed by atoms with Crippen LogP contribution in [0.15, 0.2) is 30.3 Å². The van der Waals surface area contributed by atoms with Crippen LogP contribution in [-0.4, -0.2) is 17.3 Å². The normalized spacial score (nSPS) is 11.2. The second kappa shape index (κ2) is 5.24. The number of methoxy groups -OCH3 is 1. The lowest BCUT2D eigenvalue weighted by atomic mass is 10.3. The summed E-state index contributed by atoms with van der Waals surface area (Å²) in [6.45, 7) is 0. The first-order valence-corrected chi connectivity index (χ1v) is 5.42. The number of hydrogen-bond donors (Lipinski definition) is 1. The molecule has 0 unspecified atom stereocenters. The summed E-state index contributed by atoms with van der Waals surface area (Å²) in [5.74, 6) is 0.697. The molecule has 0 saturated carbocycles. The van der Waals surface area contributed by atoms with E-state index < -0.39 is 11.9 Å². The zero-order chi connectivity index (χ0) is 14.8. The minimum absolute atomic E-state index is 0.0881. The zero-order valence-electron chi connectivity index (χ0n) is 10.3. The van der Waals surface area contributed by atoms with Gasteiger partial charge < -0.3 is 15.2 Å². The molecule has 8 heteroatoms. The van der Waals surface area contributed by atoms with Gasteiger partial charge >= 0.3 is 6.18 Å². The zero-order valence-corrected chi connectivity index (χ0v) is 10.3. The van der Waals surface area contributed by atoms with Gasteiger partial charge in [0.15, 0.2) is 11.4 Å². The van der Waals surface area contributed by atoms with E-state index in [1.54, 1.807) is 6.07 Å². The summed E-state index contributed by atoms with van der Waals surface area (Å²) in [5.41, 5.74) is 4.89. The molecule has 1 aromatic carbocycles. The molecular formula is C12H10F3N3O2. The summed E-state index contributed by atoms with van der Waals surface area (Å²) in [6, 6.07) is 6.49. The molecule has 1 aromatic heterocycles. The Bertz CT molecular complexity index is 600. The summed E-state index contributed by atoms with van der Waals surface area (Å²) in [6.07, 6.45) is -4.54. The molecule has 2 N–H and O–H groups in total. The number of alkyl halides is 3. The molecule has 0 fully saturated rings. The van der Waals surface area contributed by atoms with Crippen molar-refractivity contribution in [2.24, 2.45) is 0 Å². The summed E-state index contributed by atoms with van der Waals surface area (Å²) >= 11 is 0. The van der Waals surface area contributed by atoms with Crippen LogP contribution in [0.25, 0.3) is 0 Å². The second-order valence-electron chi connectivity index (χ2n) is 3.76. The number of rotatable bonds is 3. The number of nitrogen functional groups attached to an aromatic ring is 1. The van der Waals surface area contributed by atoms with Crippen LogP contribution in [0.2, 0.25) is 0 Å². The maximum absolute atomic E-state index is 12.3. The van der Waals surface area contributed by atoms with Crippen molar-refractivity contribution < 1.29 is 22.6 Å². The highest BCUT2D eigenvalue weighted by molar-refractivity contribution is 5.57. The molecule has 2 aromatic rings. The van der Waals surface area contributed by atoms with E-state index in [2.05, 4.69) is 10.2 Å². The van der Waals surface area contributed by atoms with Crippen molar-refractivity contribution in [2.45, 2.75) is 6.18 Å². The Balaban J connectivity index is 2.18. The predicted octanol–water partition coefficient (Wildman–Crippen LogP) is 2.88. The van der Waals surface area contributed by atoms with Crippen molar-refractivity contribution >= 4 is 5.69 Å². The van der Waals surface area contributed by atoms with Crippen molar-refractivity contribution in [3.63, 3.8) is 0 Å². The van der Waals surface area contributed by atoms with Gasteiger partial charge in [0.25, 0.3) is 0 Å². The lowest BCUT2D eigenvalue weighted by Gasteiger charge is -2.09. The van der Waals surface area contributed by atoms with Gasteiger partial charge in [-0.05, 0) is 18.2 Å². The lowest BCUT2D eigenvalue weighted by molar-refractivity contribution is -0.141. The highest BCUT2D eigenvalue weighted by Crippen LogP contribution is 2.31. The number of benzene rings is 1. The van der Waals surface area contributed by atoms with E-state index in [9.17, 15) is 13.2 Å². The van der Waals surface area contributed by atoms with Gasteiger partial charge in [0.1, 0.15) is 5.75 Å². The largest absolute Gasteiger partial charge is 0.497 e. The van der Waals surface area contributed by atoms with Gasteiger partial charge in [0.2, 0.25) is 5.88 Å². The maximum Gasteiger partial charge on any atom is 0.435 e. The average molecular weight is 285 g/mol.